The fourth-order valence-corrected chi connectivity index (χ4v) is 2.73. The van der Waals surface area contributed by atoms with E-state index in [1.165, 1.54) is 0 Å². The molecule has 2 atom stereocenters. The van der Waals surface area contributed by atoms with Crippen LogP contribution in [-0.2, 0) is 14.4 Å². The number of urea groups is 1. The van der Waals surface area contributed by atoms with Gasteiger partial charge in [0.05, 0.1) is 19.5 Å². The molecule has 0 aromatic carbocycles. The van der Waals surface area contributed by atoms with Gasteiger partial charge in [-0.05, 0) is 31.1 Å². The second-order valence-corrected chi connectivity index (χ2v) is 5.83. The molecule has 1 aliphatic rings. The zero-order valence-electron chi connectivity index (χ0n) is 13.0. The number of carbonyl (C=O) groups excluding carboxylic acids is 3. The van der Waals surface area contributed by atoms with Crippen molar-refractivity contribution in [3.05, 3.63) is 0 Å². The number of aliphatic carboxylic acids is 1. The second kappa shape index (κ2) is 10.5. The van der Waals surface area contributed by atoms with Gasteiger partial charge in [0.25, 0.3) is 0 Å². The van der Waals surface area contributed by atoms with E-state index in [0.29, 0.717) is 24.9 Å². The van der Waals surface area contributed by atoms with Crippen molar-refractivity contribution < 1.29 is 24.3 Å². The van der Waals surface area contributed by atoms with Crippen molar-refractivity contribution in [2.45, 2.75) is 38.5 Å². The molecule has 0 saturated heterocycles. The van der Waals surface area contributed by atoms with Crippen molar-refractivity contribution in [1.82, 2.24) is 10.6 Å². The summed E-state index contributed by atoms with van der Waals surface area (Å²) in [6, 6.07) is -0.429. The first-order chi connectivity index (χ1) is 11.0. The number of nitrogens with zero attached hydrogens (tertiary/aromatic N) is 1. The van der Waals surface area contributed by atoms with Crippen molar-refractivity contribution in [3.63, 3.8) is 0 Å². The third kappa shape index (κ3) is 8.73. The molecule has 3 N–H and O–H groups in total. The van der Waals surface area contributed by atoms with E-state index in [9.17, 15) is 19.2 Å². The van der Waals surface area contributed by atoms with Crippen LogP contribution in [0.25, 0.3) is 0 Å². The Morgan fingerprint density at radius 2 is 1.87 bits per heavy atom. The number of hydrogen-bond donors (Lipinski definition) is 3. The lowest BCUT2D eigenvalue weighted by atomic mass is 9.81. The minimum Gasteiger partial charge on any atom is -0.481 e. The first kappa shape index (κ1) is 18.8. The van der Waals surface area contributed by atoms with Crippen LogP contribution >= 0.6 is 0 Å². The monoisotopic (exact) mass is 325 g/mol. The molecule has 0 spiro atoms. The van der Waals surface area contributed by atoms with Gasteiger partial charge in [0, 0.05) is 13.0 Å². The summed E-state index contributed by atoms with van der Waals surface area (Å²) in [5.74, 6) is -0.651. The lowest BCUT2D eigenvalue weighted by Crippen LogP contribution is -2.41. The van der Waals surface area contributed by atoms with Crippen molar-refractivity contribution in [1.29, 1.82) is 0 Å². The SMILES string of the molecule is O=C=NCC1CCCC(CNC(=O)NCC(=O)CCC(=O)O)C1. The van der Waals surface area contributed by atoms with E-state index < -0.39 is 12.0 Å². The number of carboxylic acid groups (broad SMARTS) is 1. The van der Waals surface area contributed by atoms with Crippen molar-refractivity contribution in [2.24, 2.45) is 16.8 Å². The molecule has 1 fully saturated rings. The Kier molecular flexibility index (Phi) is 8.60. The standard InChI is InChI=1S/C15H23N3O5/c19-10-16-7-11-2-1-3-12(6-11)8-17-15(23)18-9-13(20)4-5-14(21)22/h11-12H,1-9H2,(H,21,22)(H2,17,18,23). The van der Waals surface area contributed by atoms with E-state index in [-0.39, 0.29) is 25.2 Å². The van der Waals surface area contributed by atoms with E-state index in [1.807, 2.05) is 0 Å². The minimum absolute atomic E-state index is 0.0861. The molecule has 1 rings (SSSR count). The van der Waals surface area contributed by atoms with Gasteiger partial charge in [-0.1, -0.05) is 6.42 Å². The van der Waals surface area contributed by atoms with E-state index in [1.54, 1.807) is 6.08 Å². The minimum atomic E-state index is -1.03. The molecule has 8 heteroatoms. The van der Waals surface area contributed by atoms with Crippen molar-refractivity contribution in [3.8, 4) is 0 Å². The molecule has 23 heavy (non-hydrogen) atoms. The summed E-state index contributed by atoms with van der Waals surface area (Å²) in [4.78, 5) is 47.1. The van der Waals surface area contributed by atoms with Gasteiger partial charge in [-0.3, -0.25) is 9.59 Å². The maximum absolute atomic E-state index is 11.6. The maximum Gasteiger partial charge on any atom is 0.315 e. The average molecular weight is 325 g/mol. The smallest absolute Gasteiger partial charge is 0.315 e. The quantitative estimate of drug-likeness (QED) is 0.428. The van der Waals surface area contributed by atoms with Gasteiger partial charge in [0.15, 0.2) is 5.78 Å². The number of nitrogens with one attached hydrogen (secondary N) is 2. The first-order valence-corrected chi connectivity index (χ1v) is 7.80. The summed E-state index contributed by atoms with van der Waals surface area (Å²) in [5, 5.41) is 13.6. The molecule has 0 aromatic heterocycles. The predicted molar refractivity (Wildman–Crippen MR) is 81.7 cm³/mol. The van der Waals surface area contributed by atoms with E-state index in [2.05, 4.69) is 15.6 Å². The third-order valence-corrected chi connectivity index (χ3v) is 3.92. The summed E-state index contributed by atoms with van der Waals surface area (Å²) in [7, 11) is 0. The van der Waals surface area contributed by atoms with Crippen LogP contribution in [0.15, 0.2) is 4.99 Å². The molecular formula is C15H23N3O5. The van der Waals surface area contributed by atoms with Gasteiger partial charge in [-0.15, -0.1) is 0 Å². The molecule has 2 unspecified atom stereocenters. The molecule has 8 nitrogen and oxygen atoms in total. The van der Waals surface area contributed by atoms with Crippen molar-refractivity contribution in [2.75, 3.05) is 19.6 Å². The Bertz CT molecular complexity index is 474. The first-order valence-electron chi connectivity index (χ1n) is 7.80. The van der Waals surface area contributed by atoms with Crippen LogP contribution < -0.4 is 10.6 Å². The zero-order chi connectivity index (χ0) is 17.1. The van der Waals surface area contributed by atoms with Gasteiger partial charge in [0.1, 0.15) is 0 Å². The Labute approximate surface area is 134 Å². The third-order valence-electron chi connectivity index (χ3n) is 3.92. The normalized spacial score (nSPS) is 20.2. The molecule has 1 aliphatic carbocycles. The van der Waals surface area contributed by atoms with Crippen LogP contribution in [0.2, 0.25) is 0 Å². The highest BCUT2D eigenvalue weighted by Crippen LogP contribution is 2.28. The summed E-state index contributed by atoms with van der Waals surface area (Å²) in [6.45, 7) is 0.835. The average Bonchev–Trinajstić information content (AvgIpc) is 2.54. The molecule has 2 amide bonds. The Balaban J connectivity index is 2.18. The largest absolute Gasteiger partial charge is 0.481 e. The molecular weight excluding hydrogens is 302 g/mol. The number of hydrogen-bond acceptors (Lipinski definition) is 5. The Morgan fingerprint density at radius 1 is 1.13 bits per heavy atom. The number of carboxylic acids is 1. The van der Waals surface area contributed by atoms with Crippen LogP contribution in [0.1, 0.15) is 38.5 Å². The summed E-state index contributed by atoms with van der Waals surface area (Å²) < 4.78 is 0. The molecule has 0 bridgehead atoms. The van der Waals surface area contributed by atoms with Crippen LogP contribution in [0, 0.1) is 11.8 Å². The second-order valence-electron chi connectivity index (χ2n) is 5.83. The summed E-state index contributed by atoms with van der Waals surface area (Å²) in [6.07, 6.45) is 5.23. The predicted octanol–water partition coefficient (Wildman–Crippen LogP) is 0.862. The molecule has 128 valence electrons. The molecule has 0 aliphatic heterocycles. The van der Waals surface area contributed by atoms with Crippen LogP contribution in [0.4, 0.5) is 4.79 Å². The van der Waals surface area contributed by atoms with E-state index >= 15 is 0 Å². The fourth-order valence-electron chi connectivity index (χ4n) is 2.73. The Morgan fingerprint density at radius 3 is 2.57 bits per heavy atom. The van der Waals surface area contributed by atoms with Crippen LogP contribution in [0.5, 0.6) is 0 Å². The number of carbonyl (C=O) groups is 3. The van der Waals surface area contributed by atoms with Crippen LogP contribution in [0.3, 0.4) is 0 Å². The van der Waals surface area contributed by atoms with E-state index in [4.69, 9.17) is 5.11 Å². The van der Waals surface area contributed by atoms with Gasteiger partial charge < -0.3 is 15.7 Å². The molecule has 1 saturated carbocycles. The van der Waals surface area contributed by atoms with Gasteiger partial charge in [0.2, 0.25) is 6.08 Å². The number of isocyanates is 1. The fraction of sp³-hybridized carbons (Fsp3) is 0.733. The number of ketones is 1. The van der Waals surface area contributed by atoms with Crippen molar-refractivity contribution >= 4 is 23.9 Å². The highest BCUT2D eigenvalue weighted by Gasteiger charge is 2.22. The topological polar surface area (TPSA) is 125 Å². The Hall–Kier alpha value is -2.21. The van der Waals surface area contributed by atoms with E-state index in [0.717, 1.165) is 25.7 Å². The number of rotatable bonds is 9. The zero-order valence-corrected chi connectivity index (χ0v) is 13.0. The lowest BCUT2D eigenvalue weighted by Gasteiger charge is -2.28. The highest BCUT2D eigenvalue weighted by atomic mass is 16.4. The number of aliphatic imine (C=N–C) groups is 1. The number of amides is 2. The maximum atomic E-state index is 11.6. The molecule has 0 radical (unpaired) electrons. The lowest BCUT2D eigenvalue weighted by molar-refractivity contribution is -0.138. The van der Waals surface area contributed by atoms with Gasteiger partial charge in [-0.25, -0.2) is 14.6 Å². The highest BCUT2D eigenvalue weighted by molar-refractivity contribution is 5.87. The molecule has 0 heterocycles. The van der Waals surface area contributed by atoms with Gasteiger partial charge >= 0.3 is 12.0 Å². The van der Waals surface area contributed by atoms with Gasteiger partial charge in [-0.2, -0.15) is 0 Å². The summed E-state index contributed by atoms with van der Waals surface area (Å²) in [5.41, 5.74) is 0. The number of Topliss-reactive ketones (excluding diaryl/α,β-unsaturated/α-hetero) is 1. The van der Waals surface area contributed by atoms with Crippen LogP contribution in [-0.4, -0.2) is 48.6 Å². The summed E-state index contributed by atoms with van der Waals surface area (Å²) >= 11 is 0. The molecule has 0 aromatic rings.